The molecule has 43 heavy (non-hydrogen) atoms. The molecule has 1 N–H and O–H groups in total. The van der Waals surface area contributed by atoms with Crippen molar-refractivity contribution in [1.29, 1.82) is 0 Å². The number of para-hydroxylation sites is 1. The summed E-state index contributed by atoms with van der Waals surface area (Å²) in [6.45, 7) is 7.37. The van der Waals surface area contributed by atoms with Crippen molar-refractivity contribution in [3.63, 3.8) is 0 Å². The van der Waals surface area contributed by atoms with Gasteiger partial charge in [0.2, 0.25) is 0 Å². The number of aromatic nitrogens is 1. The average Bonchev–Trinajstić information content (AvgIpc) is 3.61. The van der Waals surface area contributed by atoms with E-state index in [1.165, 1.54) is 58.7 Å². The molecule has 1 atom stereocenters. The Hall–Kier alpha value is -4.86. The van der Waals surface area contributed by atoms with Gasteiger partial charge in [-0.25, -0.2) is 0 Å². The van der Waals surface area contributed by atoms with Gasteiger partial charge >= 0.3 is 0 Å². The largest absolute Gasteiger partial charge is 0.381 e. The number of allylic oxidation sites excluding steroid dienone is 2. The van der Waals surface area contributed by atoms with E-state index in [-0.39, 0.29) is 5.54 Å². The smallest absolute Gasteiger partial charge is 0.0643 e. The first-order valence-corrected chi connectivity index (χ1v) is 15.7. The molecule has 0 radical (unpaired) electrons. The second-order valence-electron chi connectivity index (χ2n) is 11.7. The van der Waals surface area contributed by atoms with Gasteiger partial charge in [0.15, 0.2) is 0 Å². The minimum Gasteiger partial charge on any atom is -0.381 e. The Morgan fingerprint density at radius 3 is 2.37 bits per heavy atom. The molecule has 0 saturated heterocycles. The maximum atomic E-state index is 4.25. The van der Waals surface area contributed by atoms with Crippen molar-refractivity contribution >= 4 is 59.0 Å². The van der Waals surface area contributed by atoms with Crippen LogP contribution in [0, 0.1) is 0 Å². The summed E-state index contributed by atoms with van der Waals surface area (Å²) in [4.78, 5) is 0. The molecule has 7 aromatic rings. The maximum Gasteiger partial charge on any atom is 0.0643 e. The van der Waals surface area contributed by atoms with Crippen LogP contribution in [0.2, 0.25) is 0 Å². The first-order valence-electron chi connectivity index (χ1n) is 14.9. The molecule has 1 unspecified atom stereocenters. The predicted molar refractivity (Wildman–Crippen MR) is 187 cm³/mol. The van der Waals surface area contributed by atoms with Crippen LogP contribution in [0.25, 0.3) is 58.8 Å². The number of rotatable bonds is 6. The van der Waals surface area contributed by atoms with E-state index < -0.39 is 0 Å². The lowest BCUT2D eigenvalue weighted by atomic mass is 9.89. The second kappa shape index (κ2) is 10.1. The number of nitrogens with one attached hydrogen (secondary N) is 1. The Balaban J connectivity index is 1.19. The molecule has 0 bridgehead atoms. The van der Waals surface area contributed by atoms with E-state index in [9.17, 15) is 0 Å². The Labute approximate surface area is 255 Å². The van der Waals surface area contributed by atoms with Crippen LogP contribution in [-0.4, -0.2) is 11.1 Å². The summed E-state index contributed by atoms with van der Waals surface area (Å²) in [5.41, 5.74) is 8.28. The van der Waals surface area contributed by atoms with E-state index >= 15 is 0 Å². The summed E-state index contributed by atoms with van der Waals surface area (Å²) in [7, 11) is 0. The van der Waals surface area contributed by atoms with Gasteiger partial charge in [-0.05, 0) is 53.8 Å². The molecule has 0 aliphatic heterocycles. The zero-order valence-electron chi connectivity index (χ0n) is 24.2. The minimum absolute atomic E-state index is 0.191. The van der Waals surface area contributed by atoms with Gasteiger partial charge in [0, 0.05) is 48.7 Å². The number of thiophene rings is 1. The molecular formula is C40H32N2S. The quantitative estimate of drug-likeness (QED) is 0.210. The van der Waals surface area contributed by atoms with Gasteiger partial charge in [-0.1, -0.05) is 122 Å². The van der Waals surface area contributed by atoms with Gasteiger partial charge in [-0.3, -0.25) is 0 Å². The van der Waals surface area contributed by atoms with E-state index in [2.05, 4.69) is 139 Å². The Kier molecular flexibility index (Phi) is 6.09. The molecule has 8 rings (SSSR count). The van der Waals surface area contributed by atoms with Gasteiger partial charge in [0.05, 0.1) is 11.1 Å². The van der Waals surface area contributed by atoms with Gasteiger partial charge in [-0.2, -0.15) is 0 Å². The maximum absolute atomic E-state index is 4.25. The van der Waals surface area contributed by atoms with Crippen LogP contribution in [0.15, 0.2) is 146 Å². The van der Waals surface area contributed by atoms with Gasteiger partial charge < -0.3 is 9.88 Å². The molecule has 2 nitrogen and oxygen atoms in total. The topological polar surface area (TPSA) is 17.0 Å². The summed E-state index contributed by atoms with van der Waals surface area (Å²) in [6, 6.07) is 41.7. The van der Waals surface area contributed by atoms with Crippen molar-refractivity contribution in [3.05, 3.63) is 151 Å². The molecule has 3 heteroatoms. The summed E-state index contributed by atoms with van der Waals surface area (Å²) >= 11 is 1.89. The number of benzene rings is 5. The lowest BCUT2D eigenvalue weighted by Crippen LogP contribution is -2.29. The fourth-order valence-corrected chi connectivity index (χ4v) is 7.91. The van der Waals surface area contributed by atoms with Crippen molar-refractivity contribution in [2.75, 3.05) is 6.54 Å². The Morgan fingerprint density at radius 1 is 0.791 bits per heavy atom. The van der Waals surface area contributed by atoms with E-state index in [1.54, 1.807) is 0 Å². The summed E-state index contributed by atoms with van der Waals surface area (Å²) in [5, 5.41) is 8.79. The second-order valence-corrected chi connectivity index (χ2v) is 12.8. The monoisotopic (exact) mass is 572 g/mol. The van der Waals surface area contributed by atoms with Crippen LogP contribution in [-0.2, 0) is 5.54 Å². The standard InChI is InChI=1S/C40H32N2S/c1-27(29-11-4-3-5-12-29)41-26-28-21-23-40(2,24-22-28)42-36-17-8-6-13-32(36)33-20-19-30(25-37(33)42)31-15-10-16-35-34-14-7-9-18-38(34)43-39(31)35/h3-23,25,41H,1,24,26H2,2H3. The minimum atomic E-state index is -0.191. The molecule has 5 aromatic carbocycles. The predicted octanol–water partition coefficient (Wildman–Crippen LogP) is 10.7. The zero-order valence-corrected chi connectivity index (χ0v) is 25.0. The number of nitrogens with zero attached hydrogens (tertiary/aromatic N) is 1. The first-order chi connectivity index (χ1) is 21.1. The highest BCUT2D eigenvalue weighted by molar-refractivity contribution is 7.26. The molecule has 0 spiro atoms. The average molecular weight is 573 g/mol. The summed E-state index contributed by atoms with van der Waals surface area (Å²) in [5.74, 6) is 0. The third-order valence-electron chi connectivity index (χ3n) is 8.96. The normalized spacial score (nSPS) is 16.7. The molecule has 1 aliphatic rings. The lowest BCUT2D eigenvalue weighted by Gasteiger charge is -2.32. The van der Waals surface area contributed by atoms with Gasteiger partial charge in [0.25, 0.3) is 0 Å². The van der Waals surface area contributed by atoms with E-state index in [0.29, 0.717) is 0 Å². The van der Waals surface area contributed by atoms with Crippen LogP contribution in [0.1, 0.15) is 18.9 Å². The molecular weight excluding hydrogens is 541 g/mol. The fraction of sp³-hybridized carbons (Fsp3) is 0.100. The number of fused-ring (bicyclic) bond motifs is 6. The lowest BCUT2D eigenvalue weighted by molar-refractivity contribution is 0.435. The van der Waals surface area contributed by atoms with Gasteiger partial charge in [-0.15, -0.1) is 11.3 Å². The van der Waals surface area contributed by atoms with E-state index in [1.807, 2.05) is 29.5 Å². The Morgan fingerprint density at radius 2 is 1.53 bits per heavy atom. The van der Waals surface area contributed by atoms with Crippen molar-refractivity contribution in [3.8, 4) is 11.1 Å². The van der Waals surface area contributed by atoms with E-state index in [4.69, 9.17) is 0 Å². The Bertz CT molecular complexity index is 2250. The SMILES string of the molecule is C=C(NCC1=CCC(C)(n2c3ccccc3c3ccc(-c4cccc5c4sc4ccccc45)cc32)C=C1)c1ccccc1. The third-order valence-corrected chi connectivity index (χ3v) is 10.2. The highest BCUT2D eigenvalue weighted by atomic mass is 32.1. The van der Waals surface area contributed by atoms with Gasteiger partial charge in [0.1, 0.15) is 0 Å². The summed E-state index contributed by atoms with van der Waals surface area (Å²) < 4.78 is 5.25. The molecule has 0 fully saturated rings. The van der Waals surface area contributed by atoms with Crippen molar-refractivity contribution in [2.45, 2.75) is 18.9 Å². The molecule has 2 aromatic heterocycles. The molecule has 1 aliphatic carbocycles. The number of hydrogen-bond donors (Lipinski definition) is 1. The third kappa shape index (κ3) is 4.31. The van der Waals surface area contributed by atoms with E-state index in [0.717, 1.165) is 24.2 Å². The number of hydrogen-bond acceptors (Lipinski definition) is 2. The van der Waals surface area contributed by atoms with Crippen molar-refractivity contribution in [2.24, 2.45) is 0 Å². The van der Waals surface area contributed by atoms with Crippen LogP contribution < -0.4 is 5.32 Å². The van der Waals surface area contributed by atoms with Crippen LogP contribution in [0.5, 0.6) is 0 Å². The molecule has 208 valence electrons. The molecule has 0 amide bonds. The van der Waals surface area contributed by atoms with Crippen LogP contribution >= 0.6 is 11.3 Å². The zero-order chi connectivity index (χ0) is 29.0. The highest BCUT2D eigenvalue weighted by Gasteiger charge is 2.29. The summed E-state index contributed by atoms with van der Waals surface area (Å²) in [6.07, 6.45) is 7.98. The highest BCUT2D eigenvalue weighted by Crippen LogP contribution is 2.43. The van der Waals surface area contributed by atoms with Crippen molar-refractivity contribution < 1.29 is 0 Å². The van der Waals surface area contributed by atoms with Crippen LogP contribution in [0.3, 0.4) is 0 Å². The fourth-order valence-electron chi connectivity index (χ4n) is 6.67. The van der Waals surface area contributed by atoms with Crippen molar-refractivity contribution in [1.82, 2.24) is 9.88 Å². The first kappa shape index (κ1) is 25.8. The van der Waals surface area contributed by atoms with Crippen LogP contribution in [0.4, 0.5) is 0 Å². The molecule has 2 heterocycles. The molecule has 0 saturated carbocycles.